The van der Waals surface area contributed by atoms with Crippen molar-refractivity contribution in [2.24, 2.45) is 5.92 Å². The molecule has 0 aliphatic rings. The summed E-state index contributed by atoms with van der Waals surface area (Å²) in [5, 5.41) is 0. The van der Waals surface area contributed by atoms with Gasteiger partial charge in [-0.25, -0.2) is 13.4 Å². The van der Waals surface area contributed by atoms with Crippen molar-refractivity contribution in [1.29, 1.82) is 0 Å². The van der Waals surface area contributed by atoms with E-state index in [2.05, 4.69) is 23.6 Å². The third-order valence-electron chi connectivity index (χ3n) is 2.92. The predicted octanol–water partition coefficient (Wildman–Crippen LogP) is 2.66. The predicted molar refractivity (Wildman–Crippen MR) is 84.4 cm³/mol. The minimum atomic E-state index is -3.60. The molecular weight excluding hydrogens is 286 g/mol. The molecular formula is C15H19N3O2S. The molecule has 1 aromatic heterocycles. The van der Waals surface area contributed by atoms with E-state index in [1.807, 2.05) is 12.1 Å². The molecule has 0 aliphatic carbocycles. The Balaban J connectivity index is 2.17. The van der Waals surface area contributed by atoms with Gasteiger partial charge in [0.2, 0.25) is 0 Å². The van der Waals surface area contributed by atoms with Gasteiger partial charge in [-0.05, 0) is 42.2 Å². The fourth-order valence-electron chi connectivity index (χ4n) is 1.96. The highest BCUT2D eigenvalue weighted by molar-refractivity contribution is 7.92. The molecule has 0 amide bonds. The van der Waals surface area contributed by atoms with E-state index in [4.69, 9.17) is 5.73 Å². The first-order valence-electron chi connectivity index (χ1n) is 6.70. The number of hydrogen-bond donors (Lipinski definition) is 2. The largest absolute Gasteiger partial charge is 0.384 e. The number of nitrogens with zero attached hydrogens (tertiary/aromatic N) is 1. The topological polar surface area (TPSA) is 85.1 Å². The molecule has 0 saturated heterocycles. The molecule has 0 unspecified atom stereocenters. The van der Waals surface area contributed by atoms with Gasteiger partial charge in [0.15, 0.2) is 0 Å². The summed E-state index contributed by atoms with van der Waals surface area (Å²) in [4.78, 5) is 4.08. The van der Waals surface area contributed by atoms with E-state index in [0.29, 0.717) is 17.4 Å². The third kappa shape index (κ3) is 4.19. The van der Waals surface area contributed by atoms with Crippen molar-refractivity contribution >= 4 is 21.5 Å². The smallest absolute Gasteiger partial charge is 0.261 e. The minimum Gasteiger partial charge on any atom is -0.384 e. The van der Waals surface area contributed by atoms with Crippen LogP contribution in [-0.2, 0) is 16.4 Å². The van der Waals surface area contributed by atoms with E-state index in [9.17, 15) is 8.42 Å². The standard InChI is InChI=1S/C15H19N3O2S/c1-11(2)9-12-3-6-14(7-4-12)21(19,20)18-13-5-8-15(16)17-10-13/h3-8,10-11,18H,9H2,1-2H3,(H2,16,17). The second-order valence-electron chi connectivity index (χ2n) is 5.32. The van der Waals surface area contributed by atoms with Crippen LogP contribution in [0.25, 0.3) is 0 Å². The Morgan fingerprint density at radius 3 is 2.33 bits per heavy atom. The van der Waals surface area contributed by atoms with Gasteiger partial charge in [-0.1, -0.05) is 26.0 Å². The zero-order valence-corrected chi connectivity index (χ0v) is 12.9. The Morgan fingerprint density at radius 1 is 1.14 bits per heavy atom. The number of hydrogen-bond acceptors (Lipinski definition) is 4. The zero-order chi connectivity index (χ0) is 15.5. The quantitative estimate of drug-likeness (QED) is 0.889. The fraction of sp³-hybridized carbons (Fsp3) is 0.267. The SMILES string of the molecule is CC(C)Cc1ccc(S(=O)(=O)Nc2ccc(N)nc2)cc1. The lowest BCUT2D eigenvalue weighted by Crippen LogP contribution is -2.13. The van der Waals surface area contributed by atoms with Crippen molar-refractivity contribution in [3.63, 3.8) is 0 Å². The molecule has 1 aromatic carbocycles. The van der Waals surface area contributed by atoms with Crippen molar-refractivity contribution < 1.29 is 8.42 Å². The van der Waals surface area contributed by atoms with E-state index in [-0.39, 0.29) is 4.90 Å². The number of pyridine rings is 1. The van der Waals surface area contributed by atoms with Crippen molar-refractivity contribution in [2.75, 3.05) is 10.5 Å². The summed E-state index contributed by atoms with van der Waals surface area (Å²) in [6, 6.07) is 10.0. The van der Waals surface area contributed by atoms with Crippen LogP contribution in [-0.4, -0.2) is 13.4 Å². The average Bonchev–Trinajstić information content (AvgIpc) is 2.41. The van der Waals surface area contributed by atoms with Gasteiger partial charge in [0.25, 0.3) is 10.0 Å². The molecule has 5 nitrogen and oxygen atoms in total. The summed E-state index contributed by atoms with van der Waals surface area (Å²) >= 11 is 0. The lowest BCUT2D eigenvalue weighted by atomic mass is 10.0. The van der Waals surface area contributed by atoms with Crippen molar-refractivity contribution in [1.82, 2.24) is 4.98 Å². The van der Waals surface area contributed by atoms with E-state index >= 15 is 0 Å². The van der Waals surface area contributed by atoms with Crippen molar-refractivity contribution in [3.8, 4) is 0 Å². The summed E-state index contributed by atoms with van der Waals surface area (Å²) < 4.78 is 27.0. The molecule has 2 rings (SSSR count). The van der Waals surface area contributed by atoms with Crippen LogP contribution in [0, 0.1) is 5.92 Å². The summed E-state index contributed by atoms with van der Waals surface area (Å²) in [7, 11) is -3.60. The van der Waals surface area contributed by atoms with Crippen LogP contribution in [0.1, 0.15) is 19.4 Å². The second-order valence-corrected chi connectivity index (χ2v) is 7.00. The van der Waals surface area contributed by atoms with Gasteiger partial charge in [0.1, 0.15) is 5.82 Å². The number of rotatable bonds is 5. The van der Waals surface area contributed by atoms with Crippen LogP contribution in [0.3, 0.4) is 0 Å². The molecule has 0 aliphatic heterocycles. The normalized spacial score (nSPS) is 11.6. The summed E-state index contributed by atoms with van der Waals surface area (Å²) in [6.45, 7) is 4.25. The lowest BCUT2D eigenvalue weighted by molar-refractivity contribution is 0.601. The molecule has 0 saturated carbocycles. The monoisotopic (exact) mass is 305 g/mol. The summed E-state index contributed by atoms with van der Waals surface area (Å²) in [5.41, 5.74) is 6.98. The van der Waals surface area contributed by atoms with Crippen LogP contribution < -0.4 is 10.5 Å². The van der Waals surface area contributed by atoms with Gasteiger partial charge in [-0.15, -0.1) is 0 Å². The van der Waals surface area contributed by atoms with Crippen LogP contribution >= 0.6 is 0 Å². The highest BCUT2D eigenvalue weighted by Gasteiger charge is 2.14. The molecule has 0 fully saturated rings. The highest BCUT2D eigenvalue weighted by atomic mass is 32.2. The van der Waals surface area contributed by atoms with E-state index in [1.54, 1.807) is 24.3 Å². The van der Waals surface area contributed by atoms with Gasteiger partial charge < -0.3 is 5.73 Å². The Bertz CT molecular complexity index is 693. The molecule has 3 N–H and O–H groups in total. The highest BCUT2D eigenvalue weighted by Crippen LogP contribution is 2.17. The van der Waals surface area contributed by atoms with Gasteiger partial charge in [-0.2, -0.15) is 0 Å². The van der Waals surface area contributed by atoms with Gasteiger partial charge in [0, 0.05) is 0 Å². The average molecular weight is 305 g/mol. The van der Waals surface area contributed by atoms with E-state index < -0.39 is 10.0 Å². The molecule has 0 radical (unpaired) electrons. The van der Waals surface area contributed by atoms with Crippen LogP contribution in [0.2, 0.25) is 0 Å². The Hall–Kier alpha value is -2.08. The number of nitrogens with one attached hydrogen (secondary N) is 1. The first-order chi connectivity index (χ1) is 9.87. The molecule has 1 heterocycles. The maximum absolute atomic E-state index is 12.2. The molecule has 0 atom stereocenters. The summed E-state index contributed by atoms with van der Waals surface area (Å²) in [5.74, 6) is 0.877. The Labute approximate surface area is 125 Å². The maximum atomic E-state index is 12.2. The second kappa shape index (κ2) is 6.13. The number of benzene rings is 1. The molecule has 0 spiro atoms. The number of nitrogens with two attached hydrogens (primary N) is 1. The zero-order valence-electron chi connectivity index (χ0n) is 12.1. The fourth-order valence-corrected chi connectivity index (χ4v) is 3.00. The number of sulfonamides is 1. The first-order valence-corrected chi connectivity index (χ1v) is 8.18. The number of aromatic nitrogens is 1. The summed E-state index contributed by atoms with van der Waals surface area (Å²) in [6.07, 6.45) is 2.32. The number of anilines is 2. The lowest BCUT2D eigenvalue weighted by Gasteiger charge is -2.09. The minimum absolute atomic E-state index is 0.229. The molecule has 21 heavy (non-hydrogen) atoms. The van der Waals surface area contributed by atoms with Crippen LogP contribution in [0.15, 0.2) is 47.5 Å². The van der Waals surface area contributed by atoms with E-state index in [0.717, 1.165) is 12.0 Å². The van der Waals surface area contributed by atoms with Gasteiger partial charge >= 0.3 is 0 Å². The van der Waals surface area contributed by atoms with Crippen molar-refractivity contribution in [3.05, 3.63) is 48.2 Å². The molecule has 112 valence electrons. The Kier molecular flexibility index (Phi) is 4.47. The van der Waals surface area contributed by atoms with Gasteiger partial charge in [0.05, 0.1) is 16.8 Å². The van der Waals surface area contributed by atoms with Crippen molar-refractivity contribution in [2.45, 2.75) is 25.2 Å². The Morgan fingerprint density at radius 2 is 1.81 bits per heavy atom. The van der Waals surface area contributed by atoms with Crippen LogP contribution in [0.4, 0.5) is 11.5 Å². The molecule has 2 aromatic rings. The molecule has 0 bridgehead atoms. The maximum Gasteiger partial charge on any atom is 0.261 e. The van der Waals surface area contributed by atoms with Crippen LogP contribution in [0.5, 0.6) is 0 Å². The third-order valence-corrected chi connectivity index (χ3v) is 4.31. The number of nitrogen functional groups attached to an aromatic ring is 1. The first kappa shape index (κ1) is 15.3. The van der Waals surface area contributed by atoms with Gasteiger partial charge in [-0.3, -0.25) is 4.72 Å². The van der Waals surface area contributed by atoms with E-state index in [1.165, 1.54) is 6.20 Å². The molecule has 6 heteroatoms.